The summed E-state index contributed by atoms with van der Waals surface area (Å²) in [5, 5.41) is 5.10. The van der Waals surface area contributed by atoms with E-state index in [1.165, 1.54) is 58.8 Å². The summed E-state index contributed by atoms with van der Waals surface area (Å²) in [4.78, 5) is 2.37. The molecule has 2 aromatic heterocycles. The quantitative estimate of drug-likeness (QED) is 0.193. The molecule has 9 aromatic rings. The molecule has 0 unspecified atom stereocenters. The number of para-hydroxylation sites is 4. The lowest BCUT2D eigenvalue weighted by molar-refractivity contribution is 1.18. The zero-order valence-electron chi connectivity index (χ0n) is 24.5. The average molecular weight is 593 g/mol. The molecule has 7 aromatic carbocycles. The Labute approximate surface area is 265 Å². The molecule has 45 heavy (non-hydrogen) atoms. The molecule has 0 saturated carbocycles. The topological polar surface area (TPSA) is 8.17 Å². The summed E-state index contributed by atoms with van der Waals surface area (Å²) in [6.45, 7) is 0. The Morgan fingerprint density at radius 2 is 1.02 bits per heavy atom. The maximum absolute atomic E-state index is 2.40. The molecule has 0 amide bonds. The van der Waals surface area contributed by atoms with Crippen molar-refractivity contribution >= 4 is 70.4 Å². The van der Waals surface area contributed by atoms with Gasteiger partial charge < -0.3 is 9.47 Å². The first-order valence-electron chi connectivity index (χ1n) is 15.3. The minimum absolute atomic E-state index is 1.13. The van der Waals surface area contributed by atoms with Gasteiger partial charge in [0, 0.05) is 59.3 Å². The van der Waals surface area contributed by atoms with Gasteiger partial charge in [-0.15, -0.1) is 11.3 Å². The fourth-order valence-corrected chi connectivity index (χ4v) is 7.97. The van der Waals surface area contributed by atoms with Crippen LogP contribution in [0.1, 0.15) is 0 Å². The van der Waals surface area contributed by atoms with Crippen LogP contribution in [0.5, 0.6) is 0 Å². The molecule has 0 radical (unpaired) electrons. The number of anilines is 3. The van der Waals surface area contributed by atoms with Gasteiger partial charge in [-0.3, -0.25) is 0 Å². The fraction of sp³-hybridized carbons (Fsp3) is 0. The van der Waals surface area contributed by atoms with Gasteiger partial charge in [-0.05, 0) is 78.4 Å². The summed E-state index contributed by atoms with van der Waals surface area (Å²) in [5.41, 5.74) is 9.49. The Morgan fingerprint density at radius 1 is 0.422 bits per heavy atom. The summed E-state index contributed by atoms with van der Waals surface area (Å²) in [7, 11) is 0. The molecule has 0 bridgehead atoms. The van der Waals surface area contributed by atoms with Gasteiger partial charge in [0.25, 0.3) is 0 Å². The Bertz CT molecular complexity index is 2440. The molecule has 0 fully saturated rings. The minimum Gasteiger partial charge on any atom is -0.310 e. The predicted octanol–water partition coefficient (Wildman–Crippen LogP) is 12.3. The monoisotopic (exact) mass is 592 g/mol. The van der Waals surface area contributed by atoms with Gasteiger partial charge in [0.1, 0.15) is 0 Å². The highest BCUT2D eigenvalue weighted by molar-refractivity contribution is 7.26. The lowest BCUT2D eigenvalue weighted by atomic mass is 9.99. The van der Waals surface area contributed by atoms with E-state index in [2.05, 4.69) is 179 Å². The van der Waals surface area contributed by atoms with Gasteiger partial charge >= 0.3 is 0 Å². The Morgan fingerprint density at radius 3 is 1.76 bits per heavy atom. The molecular formula is C42H28N2S. The van der Waals surface area contributed by atoms with E-state index in [-0.39, 0.29) is 0 Å². The van der Waals surface area contributed by atoms with Crippen molar-refractivity contribution in [3.8, 4) is 16.8 Å². The molecule has 0 spiro atoms. The zero-order chi connectivity index (χ0) is 29.7. The first-order valence-corrected chi connectivity index (χ1v) is 16.1. The van der Waals surface area contributed by atoms with Gasteiger partial charge in [0.15, 0.2) is 0 Å². The average Bonchev–Trinajstić information content (AvgIpc) is 3.65. The van der Waals surface area contributed by atoms with Crippen molar-refractivity contribution < 1.29 is 0 Å². The molecule has 212 valence electrons. The van der Waals surface area contributed by atoms with E-state index in [4.69, 9.17) is 0 Å². The third kappa shape index (κ3) is 4.24. The third-order valence-electron chi connectivity index (χ3n) is 8.75. The second kappa shape index (κ2) is 10.5. The minimum atomic E-state index is 1.13. The van der Waals surface area contributed by atoms with Gasteiger partial charge in [0.2, 0.25) is 0 Å². The highest BCUT2D eigenvalue weighted by Gasteiger charge is 2.19. The molecule has 0 aliphatic rings. The molecule has 0 saturated heterocycles. The number of nitrogens with zero attached hydrogens (tertiary/aromatic N) is 2. The number of hydrogen-bond donors (Lipinski definition) is 0. The second-order valence-corrected chi connectivity index (χ2v) is 12.4. The van der Waals surface area contributed by atoms with Crippen molar-refractivity contribution in [1.82, 2.24) is 4.57 Å². The fourth-order valence-electron chi connectivity index (χ4n) is 6.75. The first-order chi connectivity index (χ1) is 22.3. The van der Waals surface area contributed by atoms with Crippen LogP contribution in [0.3, 0.4) is 0 Å². The predicted molar refractivity (Wildman–Crippen MR) is 194 cm³/mol. The summed E-state index contributed by atoms with van der Waals surface area (Å²) in [6.07, 6.45) is 0. The normalized spacial score (nSPS) is 11.6. The number of thiophene rings is 1. The van der Waals surface area contributed by atoms with E-state index in [0.29, 0.717) is 0 Å². The van der Waals surface area contributed by atoms with Crippen molar-refractivity contribution in [1.29, 1.82) is 0 Å². The van der Waals surface area contributed by atoms with Crippen LogP contribution in [0.15, 0.2) is 170 Å². The number of aromatic nitrogens is 1. The van der Waals surface area contributed by atoms with Crippen LogP contribution in [0.2, 0.25) is 0 Å². The van der Waals surface area contributed by atoms with E-state index >= 15 is 0 Å². The first kappa shape index (κ1) is 25.8. The SMILES string of the molecule is c1ccc(N(c2ccccc2)c2cc(-c3ccc4c(c3)c3ccccc3n4-c3ccccc3)c3sc4ccccc4c3c2)cc1. The number of fused-ring (bicyclic) bond motifs is 6. The number of rotatable bonds is 5. The summed E-state index contributed by atoms with van der Waals surface area (Å²) in [6, 6.07) is 61.3. The highest BCUT2D eigenvalue weighted by Crippen LogP contribution is 2.46. The van der Waals surface area contributed by atoms with Gasteiger partial charge in [0.05, 0.1) is 11.0 Å². The lowest BCUT2D eigenvalue weighted by Gasteiger charge is -2.26. The second-order valence-electron chi connectivity index (χ2n) is 11.4. The summed E-state index contributed by atoms with van der Waals surface area (Å²) >= 11 is 1.88. The Hall–Kier alpha value is -5.64. The van der Waals surface area contributed by atoms with Crippen LogP contribution in [-0.4, -0.2) is 4.57 Å². The van der Waals surface area contributed by atoms with Crippen molar-refractivity contribution in [3.63, 3.8) is 0 Å². The van der Waals surface area contributed by atoms with Gasteiger partial charge in [-0.2, -0.15) is 0 Å². The molecule has 2 heterocycles. The van der Waals surface area contributed by atoms with Crippen molar-refractivity contribution in [3.05, 3.63) is 170 Å². The highest BCUT2D eigenvalue weighted by atomic mass is 32.1. The molecule has 9 rings (SSSR count). The molecule has 0 atom stereocenters. The van der Waals surface area contributed by atoms with Crippen LogP contribution >= 0.6 is 11.3 Å². The standard InChI is InChI=1S/C42H28N2S/c1-4-14-30(15-5-1)43(31-16-6-2-7-17-31)33-27-36(42-38(28-33)35-21-11-13-23-41(35)45-42)29-24-25-40-37(26-29)34-20-10-12-22-39(34)44(40)32-18-8-3-9-19-32/h1-28H. The Kier molecular flexibility index (Phi) is 6.03. The van der Waals surface area contributed by atoms with Crippen LogP contribution < -0.4 is 4.90 Å². The summed E-state index contributed by atoms with van der Waals surface area (Å²) < 4.78 is 5.00. The molecule has 2 nitrogen and oxygen atoms in total. The van der Waals surface area contributed by atoms with Gasteiger partial charge in [-0.1, -0.05) is 97.1 Å². The van der Waals surface area contributed by atoms with Gasteiger partial charge in [-0.25, -0.2) is 0 Å². The van der Waals surface area contributed by atoms with E-state index < -0.39 is 0 Å². The third-order valence-corrected chi connectivity index (χ3v) is 9.97. The molecular weight excluding hydrogens is 565 g/mol. The smallest absolute Gasteiger partial charge is 0.0541 e. The van der Waals surface area contributed by atoms with E-state index in [1.807, 2.05) is 11.3 Å². The lowest BCUT2D eigenvalue weighted by Crippen LogP contribution is -2.09. The van der Waals surface area contributed by atoms with Crippen molar-refractivity contribution in [2.75, 3.05) is 4.90 Å². The number of hydrogen-bond acceptors (Lipinski definition) is 2. The zero-order valence-corrected chi connectivity index (χ0v) is 25.3. The van der Waals surface area contributed by atoms with Crippen LogP contribution in [-0.2, 0) is 0 Å². The maximum atomic E-state index is 2.40. The number of benzene rings is 7. The maximum Gasteiger partial charge on any atom is 0.0541 e. The van der Waals surface area contributed by atoms with E-state index in [1.54, 1.807) is 0 Å². The van der Waals surface area contributed by atoms with E-state index in [9.17, 15) is 0 Å². The van der Waals surface area contributed by atoms with Crippen LogP contribution in [0.25, 0.3) is 58.8 Å². The van der Waals surface area contributed by atoms with Crippen molar-refractivity contribution in [2.45, 2.75) is 0 Å². The van der Waals surface area contributed by atoms with Crippen LogP contribution in [0, 0.1) is 0 Å². The Balaban J connectivity index is 1.34. The summed E-state index contributed by atoms with van der Waals surface area (Å²) in [5.74, 6) is 0. The van der Waals surface area contributed by atoms with Crippen LogP contribution in [0.4, 0.5) is 17.1 Å². The van der Waals surface area contributed by atoms with E-state index in [0.717, 1.165) is 17.1 Å². The molecule has 3 heteroatoms. The van der Waals surface area contributed by atoms with Crippen molar-refractivity contribution in [2.24, 2.45) is 0 Å². The molecule has 0 N–H and O–H groups in total. The molecule has 0 aliphatic carbocycles. The largest absolute Gasteiger partial charge is 0.310 e. The molecule has 0 aliphatic heterocycles.